The fourth-order valence-corrected chi connectivity index (χ4v) is 5.19. The Morgan fingerprint density at radius 1 is 1.50 bits per heavy atom. The van der Waals surface area contributed by atoms with Gasteiger partial charge in [0.05, 0.1) is 11.5 Å². The lowest BCUT2D eigenvalue weighted by Gasteiger charge is -2.42. The van der Waals surface area contributed by atoms with Crippen molar-refractivity contribution in [2.24, 2.45) is 0 Å². The molecule has 1 aromatic heterocycles. The molecule has 2 aliphatic heterocycles. The summed E-state index contributed by atoms with van der Waals surface area (Å²) < 4.78 is 30.3. The molecular formula is C14H21N3O4S. The monoisotopic (exact) mass is 327 g/mol. The highest BCUT2D eigenvalue weighted by Crippen LogP contribution is 2.32. The molecule has 22 heavy (non-hydrogen) atoms. The van der Waals surface area contributed by atoms with E-state index in [1.165, 1.54) is 7.11 Å². The quantitative estimate of drug-likeness (QED) is 0.777. The van der Waals surface area contributed by atoms with E-state index in [2.05, 4.69) is 4.98 Å². The summed E-state index contributed by atoms with van der Waals surface area (Å²) >= 11 is 0. The smallest absolute Gasteiger partial charge is 0.257 e. The van der Waals surface area contributed by atoms with Gasteiger partial charge in [-0.25, -0.2) is 13.4 Å². The SMILES string of the molecule is COC1(C(=O)N2CCCC2Cn2ccnc2C)CS(=O)(=O)C1. The van der Waals surface area contributed by atoms with Crippen molar-refractivity contribution in [1.29, 1.82) is 0 Å². The van der Waals surface area contributed by atoms with Crippen molar-refractivity contribution >= 4 is 15.7 Å². The molecule has 2 saturated heterocycles. The lowest BCUT2D eigenvalue weighted by atomic mass is 10.1. The van der Waals surface area contributed by atoms with E-state index in [4.69, 9.17) is 4.74 Å². The standard InChI is InChI=1S/C14H21N3O4S/c1-11-15-5-7-16(11)8-12-4-3-6-17(12)13(18)14(21-2)9-22(19,20)10-14/h5,7,12H,3-4,6,8-10H2,1-2H3. The summed E-state index contributed by atoms with van der Waals surface area (Å²) in [5.74, 6) is 0.308. The van der Waals surface area contributed by atoms with Crippen molar-refractivity contribution in [2.75, 3.05) is 25.2 Å². The molecule has 0 aliphatic carbocycles. The lowest BCUT2D eigenvalue weighted by Crippen LogP contribution is -2.66. The number of carbonyl (C=O) groups is 1. The van der Waals surface area contributed by atoms with Crippen molar-refractivity contribution in [1.82, 2.24) is 14.5 Å². The number of carbonyl (C=O) groups excluding carboxylic acids is 1. The van der Waals surface area contributed by atoms with Gasteiger partial charge in [0, 0.05) is 38.6 Å². The van der Waals surface area contributed by atoms with Gasteiger partial charge in [-0.15, -0.1) is 0 Å². The normalized spacial score (nSPS) is 25.9. The van der Waals surface area contributed by atoms with E-state index in [-0.39, 0.29) is 23.5 Å². The zero-order valence-electron chi connectivity index (χ0n) is 12.9. The van der Waals surface area contributed by atoms with E-state index in [1.807, 2.05) is 17.7 Å². The molecule has 7 nitrogen and oxygen atoms in total. The van der Waals surface area contributed by atoms with Gasteiger partial charge in [-0.05, 0) is 19.8 Å². The molecule has 1 aromatic rings. The average Bonchev–Trinajstić information content (AvgIpc) is 3.05. The molecule has 0 N–H and O–H groups in total. The number of nitrogens with zero attached hydrogens (tertiary/aromatic N) is 3. The number of imidazole rings is 1. The summed E-state index contributed by atoms with van der Waals surface area (Å²) in [7, 11) is -1.72. The largest absolute Gasteiger partial charge is 0.366 e. The van der Waals surface area contributed by atoms with E-state index in [0.29, 0.717) is 13.1 Å². The van der Waals surface area contributed by atoms with Gasteiger partial charge in [-0.3, -0.25) is 4.79 Å². The minimum absolute atomic E-state index is 0.0655. The maximum absolute atomic E-state index is 12.8. The molecule has 2 fully saturated rings. The van der Waals surface area contributed by atoms with Crippen molar-refractivity contribution in [2.45, 2.75) is 38.0 Å². The molecule has 0 aromatic carbocycles. The topological polar surface area (TPSA) is 81.5 Å². The first-order chi connectivity index (χ1) is 10.4. The first kappa shape index (κ1) is 15.5. The van der Waals surface area contributed by atoms with Crippen molar-refractivity contribution in [3.05, 3.63) is 18.2 Å². The summed E-state index contributed by atoms with van der Waals surface area (Å²) in [6.45, 7) is 3.27. The second kappa shape index (κ2) is 5.34. The predicted octanol–water partition coefficient (Wildman–Crippen LogP) is -0.00388. The molecule has 0 bridgehead atoms. The summed E-state index contributed by atoms with van der Waals surface area (Å²) in [5, 5.41) is 0. The Morgan fingerprint density at radius 2 is 2.23 bits per heavy atom. The number of sulfone groups is 1. The van der Waals surface area contributed by atoms with E-state index in [1.54, 1.807) is 11.1 Å². The van der Waals surface area contributed by atoms with Gasteiger partial charge in [-0.1, -0.05) is 0 Å². The number of amides is 1. The fraction of sp³-hybridized carbons (Fsp3) is 0.714. The number of aromatic nitrogens is 2. The summed E-state index contributed by atoms with van der Waals surface area (Å²) in [6.07, 6.45) is 5.48. The first-order valence-electron chi connectivity index (χ1n) is 7.41. The second-order valence-electron chi connectivity index (χ2n) is 6.15. The van der Waals surface area contributed by atoms with Crippen LogP contribution in [0.15, 0.2) is 12.4 Å². The number of aryl methyl sites for hydroxylation is 1. The van der Waals surface area contributed by atoms with Crippen LogP contribution >= 0.6 is 0 Å². The van der Waals surface area contributed by atoms with E-state index in [9.17, 15) is 13.2 Å². The van der Waals surface area contributed by atoms with Crippen LogP contribution < -0.4 is 0 Å². The first-order valence-corrected chi connectivity index (χ1v) is 9.23. The van der Waals surface area contributed by atoms with Gasteiger partial charge < -0.3 is 14.2 Å². The van der Waals surface area contributed by atoms with Crippen LogP contribution in [0.1, 0.15) is 18.7 Å². The van der Waals surface area contributed by atoms with Gasteiger partial charge in [0.1, 0.15) is 5.82 Å². The minimum atomic E-state index is -3.14. The molecule has 122 valence electrons. The lowest BCUT2D eigenvalue weighted by molar-refractivity contribution is -0.152. The molecule has 1 unspecified atom stereocenters. The number of methoxy groups -OCH3 is 1. The Hall–Kier alpha value is -1.41. The van der Waals surface area contributed by atoms with E-state index < -0.39 is 15.4 Å². The number of likely N-dealkylation sites (tertiary alicyclic amines) is 1. The van der Waals surface area contributed by atoms with Crippen molar-refractivity contribution < 1.29 is 17.9 Å². The molecule has 0 saturated carbocycles. The molecule has 0 spiro atoms. The third-order valence-electron chi connectivity index (χ3n) is 4.66. The highest BCUT2D eigenvalue weighted by Gasteiger charge is 2.57. The van der Waals surface area contributed by atoms with Crippen LogP contribution in [0.25, 0.3) is 0 Å². The zero-order valence-corrected chi connectivity index (χ0v) is 13.7. The molecule has 3 heterocycles. The Morgan fingerprint density at radius 3 is 2.77 bits per heavy atom. The third-order valence-corrected chi connectivity index (χ3v) is 6.47. The van der Waals surface area contributed by atoms with Crippen LogP contribution in [0.2, 0.25) is 0 Å². The molecule has 8 heteroatoms. The Balaban J connectivity index is 1.75. The predicted molar refractivity (Wildman–Crippen MR) is 80.1 cm³/mol. The highest BCUT2D eigenvalue weighted by atomic mass is 32.2. The minimum Gasteiger partial charge on any atom is -0.366 e. The second-order valence-corrected chi connectivity index (χ2v) is 8.22. The van der Waals surface area contributed by atoms with E-state index >= 15 is 0 Å². The average molecular weight is 327 g/mol. The fourth-order valence-electron chi connectivity index (χ4n) is 3.38. The third kappa shape index (κ3) is 2.54. The van der Waals surface area contributed by atoms with Gasteiger partial charge >= 0.3 is 0 Å². The Kier molecular flexibility index (Phi) is 3.76. The van der Waals surface area contributed by atoms with Crippen molar-refractivity contribution in [3.63, 3.8) is 0 Å². The van der Waals surface area contributed by atoms with Crippen molar-refractivity contribution in [3.8, 4) is 0 Å². The number of hydrogen-bond acceptors (Lipinski definition) is 5. The molecule has 0 radical (unpaired) electrons. The molecule has 3 rings (SSSR count). The molecule has 1 atom stereocenters. The molecule has 1 amide bonds. The number of hydrogen-bond donors (Lipinski definition) is 0. The van der Waals surface area contributed by atoms with Crippen LogP contribution in [-0.4, -0.2) is 65.6 Å². The Bertz CT molecular complexity index is 670. The van der Waals surface area contributed by atoms with Gasteiger partial charge in [0.15, 0.2) is 15.4 Å². The summed E-state index contributed by atoms with van der Waals surface area (Å²) in [6, 6.07) is 0.0655. The van der Waals surface area contributed by atoms with Crippen LogP contribution in [0.5, 0.6) is 0 Å². The van der Waals surface area contributed by atoms with Gasteiger partial charge in [-0.2, -0.15) is 0 Å². The highest BCUT2D eigenvalue weighted by molar-refractivity contribution is 7.93. The van der Waals surface area contributed by atoms with E-state index in [0.717, 1.165) is 18.7 Å². The summed E-state index contributed by atoms with van der Waals surface area (Å²) in [4.78, 5) is 18.8. The molecular weight excluding hydrogens is 306 g/mol. The van der Waals surface area contributed by atoms with Crippen LogP contribution in [0.4, 0.5) is 0 Å². The maximum Gasteiger partial charge on any atom is 0.257 e. The number of rotatable bonds is 4. The van der Waals surface area contributed by atoms with Crippen LogP contribution in [-0.2, 0) is 25.9 Å². The number of ether oxygens (including phenoxy) is 1. The maximum atomic E-state index is 12.8. The van der Waals surface area contributed by atoms with Crippen LogP contribution in [0, 0.1) is 6.92 Å². The zero-order chi connectivity index (χ0) is 16.0. The van der Waals surface area contributed by atoms with Gasteiger partial charge in [0.25, 0.3) is 5.91 Å². The molecule has 2 aliphatic rings. The van der Waals surface area contributed by atoms with Gasteiger partial charge in [0.2, 0.25) is 0 Å². The Labute approximate surface area is 130 Å². The summed E-state index contributed by atoms with van der Waals surface area (Å²) in [5.41, 5.74) is -1.18. The van der Waals surface area contributed by atoms with Crippen LogP contribution in [0.3, 0.4) is 0 Å².